The molecule has 0 radical (unpaired) electrons. The number of hydrogen-bond acceptors (Lipinski definition) is 6. The second-order valence-electron chi connectivity index (χ2n) is 9.06. The van der Waals surface area contributed by atoms with Crippen molar-refractivity contribution in [3.8, 4) is 0 Å². The molecule has 9 heteroatoms. The van der Waals surface area contributed by atoms with E-state index in [9.17, 15) is 19.2 Å². The monoisotopic (exact) mass is 487 g/mol. The zero-order valence-corrected chi connectivity index (χ0v) is 20.6. The highest BCUT2D eigenvalue weighted by atomic mass is 32.1. The summed E-state index contributed by atoms with van der Waals surface area (Å²) in [4.78, 5) is 55.4. The van der Waals surface area contributed by atoms with Crippen LogP contribution in [-0.4, -0.2) is 65.5 Å². The number of ketones is 1. The Hall–Kier alpha value is -2.52. The lowest BCUT2D eigenvalue weighted by Crippen LogP contribution is -2.50. The Labute approximate surface area is 201 Å². The van der Waals surface area contributed by atoms with E-state index in [0.29, 0.717) is 42.4 Å². The van der Waals surface area contributed by atoms with Gasteiger partial charge in [-0.05, 0) is 55.2 Å². The van der Waals surface area contributed by atoms with Gasteiger partial charge < -0.3 is 15.1 Å². The van der Waals surface area contributed by atoms with Gasteiger partial charge in [0.2, 0.25) is 11.8 Å². The Kier molecular flexibility index (Phi) is 6.99. The summed E-state index contributed by atoms with van der Waals surface area (Å²) in [6.07, 6.45) is 3.12. The Morgan fingerprint density at radius 3 is 2.24 bits per heavy atom. The quantitative estimate of drug-likeness (QED) is 0.634. The minimum atomic E-state index is -0.549. The second-order valence-corrected chi connectivity index (χ2v) is 11.2. The molecule has 4 heterocycles. The Morgan fingerprint density at radius 1 is 1.00 bits per heavy atom. The molecule has 2 aliphatic heterocycles. The summed E-state index contributed by atoms with van der Waals surface area (Å²) < 4.78 is 0. The van der Waals surface area contributed by atoms with Crippen LogP contribution in [0.2, 0.25) is 0 Å². The maximum Gasteiger partial charge on any atom is 0.263 e. The maximum atomic E-state index is 13.3. The first-order valence-electron chi connectivity index (χ1n) is 11.2. The number of Topliss-reactive ketones (excluding diaryl/α,β-unsaturated/α-hetero) is 1. The molecule has 3 amide bonds. The molecule has 0 aliphatic carbocycles. The van der Waals surface area contributed by atoms with Crippen molar-refractivity contribution in [2.45, 2.75) is 45.6 Å². The number of likely N-dealkylation sites (tertiary alicyclic amines) is 2. The SMILES string of the molecule is CC(=O)NC(Cc1cccs1)C(=O)N1CCC2(CCN(C(=O)c3ccc(C(C)=O)s3)CC2)C1. The highest BCUT2D eigenvalue weighted by Crippen LogP contribution is 2.41. The average Bonchev–Trinajstić information content (AvgIpc) is 3.54. The van der Waals surface area contributed by atoms with E-state index >= 15 is 0 Å². The third-order valence-electron chi connectivity index (χ3n) is 6.69. The van der Waals surface area contributed by atoms with E-state index < -0.39 is 6.04 Å². The molecule has 176 valence electrons. The van der Waals surface area contributed by atoms with Crippen molar-refractivity contribution in [2.24, 2.45) is 5.41 Å². The van der Waals surface area contributed by atoms with Crippen molar-refractivity contribution in [3.63, 3.8) is 0 Å². The van der Waals surface area contributed by atoms with Crippen LogP contribution in [0.4, 0.5) is 0 Å². The summed E-state index contributed by atoms with van der Waals surface area (Å²) in [6.45, 7) is 5.60. The van der Waals surface area contributed by atoms with Crippen LogP contribution < -0.4 is 5.32 Å². The van der Waals surface area contributed by atoms with Gasteiger partial charge >= 0.3 is 0 Å². The fourth-order valence-electron chi connectivity index (χ4n) is 4.81. The summed E-state index contributed by atoms with van der Waals surface area (Å²) in [5.41, 5.74) is 0.0239. The topological polar surface area (TPSA) is 86.8 Å². The number of hydrogen-bond donors (Lipinski definition) is 1. The first-order valence-corrected chi connectivity index (χ1v) is 12.9. The van der Waals surface area contributed by atoms with Gasteiger partial charge in [0.25, 0.3) is 5.91 Å². The van der Waals surface area contributed by atoms with Gasteiger partial charge in [-0.3, -0.25) is 19.2 Å². The molecule has 1 atom stereocenters. The van der Waals surface area contributed by atoms with E-state index in [1.54, 1.807) is 23.5 Å². The molecule has 1 spiro atoms. The summed E-state index contributed by atoms with van der Waals surface area (Å²) >= 11 is 2.84. The van der Waals surface area contributed by atoms with Crippen LogP contribution in [0, 0.1) is 5.41 Å². The van der Waals surface area contributed by atoms with Gasteiger partial charge in [0.05, 0.1) is 9.75 Å². The molecule has 0 saturated carbocycles. The first-order chi connectivity index (χ1) is 15.8. The van der Waals surface area contributed by atoms with E-state index in [2.05, 4.69) is 5.32 Å². The lowest BCUT2D eigenvalue weighted by Gasteiger charge is -2.39. The molecular formula is C24H29N3O4S2. The number of rotatable bonds is 6. The van der Waals surface area contributed by atoms with E-state index in [1.165, 1.54) is 25.2 Å². The molecule has 0 aromatic carbocycles. The largest absolute Gasteiger partial charge is 0.344 e. The Balaban J connectivity index is 1.35. The molecular weight excluding hydrogens is 458 g/mol. The predicted molar refractivity (Wildman–Crippen MR) is 129 cm³/mol. The number of piperidine rings is 1. The van der Waals surface area contributed by atoms with Gasteiger partial charge in [-0.2, -0.15) is 0 Å². The molecule has 7 nitrogen and oxygen atoms in total. The number of nitrogens with one attached hydrogen (secondary N) is 1. The zero-order valence-electron chi connectivity index (χ0n) is 19.0. The summed E-state index contributed by atoms with van der Waals surface area (Å²) in [6, 6.07) is 6.84. The molecule has 1 unspecified atom stereocenters. The fraction of sp³-hybridized carbons (Fsp3) is 0.500. The maximum absolute atomic E-state index is 13.3. The predicted octanol–water partition coefficient (Wildman–Crippen LogP) is 3.21. The third kappa shape index (κ3) is 5.35. The zero-order chi connectivity index (χ0) is 23.6. The Bertz CT molecular complexity index is 1040. The van der Waals surface area contributed by atoms with E-state index in [4.69, 9.17) is 0 Å². The van der Waals surface area contributed by atoms with Gasteiger partial charge in [0.15, 0.2) is 5.78 Å². The van der Waals surface area contributed by atoms with Crippen molar-refractivity contribution < 1.29 is 19.2 Å². The molecule has 2 aromatic rings. The van der Waals surface area contributed by atoms with Crippen LogP contribution in [-0.2, 0) is 16.0 Å². The first kappa shape index (κ1) is 23.6. The third-order valence-corrected chi connectivity index (χ3v) is 8.76. The van der Waals surface area contributed by atoms with Crippen molar-refractivity contribution in [1.82, 2.24) is 15.1 Å². The van der Waals surface area contributed by atoms with Crippen LogP contribution in [0.15, 0.2) is 29.6 Å². The van der Waals surface area contributed by atoms with Crippen molar-refractivity contribution in [1.29, 1.82) is 0 Å². The molecule has 2 fully saturated rings. The highest BCUT2D eigenvalue weighted by Gasteiger charge is 2.44. The standard InChI is InChI=1S/C24H29N3O4S2/c1-16(28)20-5-6-21(33-20)23(31)26-10-7-24(8-11-26)9-12-27(15-24)22(30)19(25-17(2)29)14-18-4-3-13-32-18/h3-6,13,19H,7-12,14-15H2,1-2H3,(H,25,29). The van der Waals surface area contributed by atoms with Crippen molar-refractivity contribution in [2.75, 3.05) is 26.2 Å². The molecule has 2 saturated heterocycles. The number of carbonyl (C=O) groups is 4. The van der Waals surface area contributed by atoms with Crippen molar-refractivity contribution in [3.05, 3.63) is 44.3 Å². The van der Waals surface area contributed by atoms with Gasteiger partial charge in [-0.15, -0.1) is 22.7 Å². The normalized spacial score (nSPS) is 18.4. The summed E-state index contributed by atoms with van der Waals surface area (Å²) in [5.74, 6) is -0.268. The smallest absolute Gasteiger partial charge is 0.263 e. The molecule has 2 aromatic heterocycles. The number of nitrogens with zero attached hydrogens (tertiary/aromatic N) is 2. The van der Waals surface area contributed by atoms with Crippen LogP contribution in [0.25, 0.3) is 0 Å². The van der Waals surface area contributed by atoms with E-state index in [-0.39, 0.29) is 28.9 Å². The fourth-order valence-corrected chi connectivity index (χ4v) is 6.43. The van der Waals surface area contributed by atoms with Crippen LogP contribution in [0.5, 0.6) is 0 Å². The van der Waals surface area contributed by atoms with Gasteiger partial charge in [-0.25, -0.2) is 0 Å². The summed E-state index contributed by atoms with van der Waals surface area (Å²) in [7, 11) is 0. The highest BCUT2D eigenvalue weighted by molar-refractivity contribution is 7.16. The number of amides is 3. The van der Waals surface area contributed by atoms with Crippen LogP contribution in [0.1, 0.15) is 57.3 Å². The molecule has 2 aliphatic rings. The number of carbonyl (C=O) groups excluding carboxylic acids is 4. The number of thiophene rings is 2. The van der Waals surface area contributed by atoms with Crippen LogP contribution >= 0.6 is 22.7 Å². The molecule has 1 N–H and O–H groups in total. The van der Waals surface area contributed by atoms with E-state index in [0.717, 1.165) is 24.1 Å². The van der Waals surface area contributed by atoms with Crippen molar-refractivity contribution >= 4 is 46.2 Å². The van der Waals surface area contributed by atoms with E-state index in [1.807, 2.05) is 27.3 Å². The second kappa shape index (κ2) is 9.77. The molecule has 0 bridgehead atoms. The minimum Gasteiger partial charge on any atom is -0.344 e. The lowest BCUT2D eigenvalue weighted by molar-refractivity contribution is -0.135. The van der Waals surface area contributed by atoms with Gasteiger partial charge in [0, 0.05) is 44.4 Å². The van der Waals surface area contributed by atoms with Gasteiger partial charge in [-0.1, -0.05) is 6.07 Å². The Morgan fingerprint density at radius 2 is 1.67 bits per heavy atom. The average molecular weight is 488 g/mol. The molecule has 4 rings (SSSR count). The minimum absolute atomic E-state index is 0.0186. The van der Waals surface area contributed by atoms with Crippen LogP contribution in [0.3, 0.4) is 0 Å². The summed E-state index contributed by atoms with van der Waals surface area (Å²) in [5, 5.41) is 4.81. The molecule has 33 heavy (non-hydrogen) atoms. The van der Waals surface area contributed by atoms with Gasteiger partial charge in [0.1, 0.15) is 6.04 Å². The lowest BCUT2D eigenvalue weighted by atomic mass is 9.77.